The van der Waals surface area contributed by atoms with Crippen molar-refractivity contribution in [2.75, 3.05) is 6.54 Å². The summed E-state index contributed by atoms with van der Waals surface area (Å²) in [7, 11) is -2.49. The lowest BCUT2D eigenvalue weighted by atomic mass is 10.1. The van der Waals surface area contributed by atoms with Crippen molar-refractivity contribution in [1.29, 1.82) is 0 Å². The fourth-order valence-electron chi connectivity index (χ4n) is 2.37. The molecular formula is C19H24N3O6P. The molecule has 1 atom stereocenters. The number of hydrogen-bond donors (Lipinski definition) is 2. The molecule has 0 aliphatic carbocycles. The third-order valence-electron chi connectivity index (χ3n) is 3.73. The molecule has 1 heterocycles. The van der Waals surface area contributed by atoms with Gasteiger partial charge in [0.05, 0.1) is 11.8 Å². The minimum atomic E-state index is -2.49. The topological polar surface area (TPSA) is 139 Å². The van der Waals surface area contributed by atoms with Gasteiger partial charge in [-0.3, -0.25) is 9.51 Å². The zero-order valence-corrected chi connectivity index (χ0v) is 17.4. The molecule has 2 rings (SSSR count). The molecule has 1 unspecified atom stereocenters. The van der Waals surface area contributed by atoms with Gasteiger partial charge in [0.25, 0.3) is 0 Å². The van der Waals surface area contributed by atoms with Crippen LogP contribution in [0.25, 0.3) is 0 Å². The first kappa shape index (κ1) is 22.5. The van der Waals surface area contributed by atoms with Gasteiger partial charge in [0, 0.05) is 23.9 Å². The number of benzene rings is 1. The number of esters is 1. The number of nitrogens with two attached hydrogens (primary N) is 1. The van der Waals surface area contributed by atoms with E-state index < -0.39 is 14.1 Å². The van der Waals surface area contributed by atoms with Crippen molar-refractivity contribution in [3.05, 3.63) is 47.3 Å². The maximum absolute atomic E-state index is 12.0. The Kier molecular flexibility index (Phi) is 8.33. The van der Waals surface area contributed by atoms with Crippen molar-refractivity contribution < 1.29 is 28.8 Å². The average Bonchev–Trinajstić information content (AvgIpc) is 2.68. The van der Waals surface area contributed by atoms with Crippen LogP contribution in [0.5, 0.6) is 17.2 Å². The van der Waals surface area contributed by atoms with Crippen LogP contribution in [0, 0.1) is 6.92 Å². The van der Waals surface area contributed by atoms with Crippen molar-refractivity contribution in [3.8, 4) is 17.2 Å². The van der Waals surface area contributed by atoms with Crippen LogP contribution in [-0.2, 0) is 22.7 Å². The summed E-state index contributed by atoms with van der Waals surface area (Å²) in [6.07, 6.45) is 1.30. The third-order valence-corrected chi connectivity index (χ3v) is 4.45. The number of aryl methyl sites for hydroxylation is 1. The monoisotopic (exact) mass is 421 g/mol. The molecule has 0 bridgehead atoms. The van der Waals surface area contributed by atoms with E-state index in [1.54, 1.807) is 51.2 Å². The van der Waals surface area contributed by atoms with E-state index in [1.807, 2.05) is 0 Å². The Morgan fingerprint density at radius 3 is 2.69 bits per heavy atom. The number of hydrogen-bond acceptors (Lipinski definition) is 9. The Bertz CT molecular complexity index is 888. The second kappa shape index (κ2) is 10.7. The summed E-state index contributed by atoms with van der Waals surface area (Å²) in [6.45, 7) is 4.93. The smallest absolute Gasteiger partial charge is 0.395 e. The number of carbonyl (C=O) groups excluding carboxylic acids is 1. The molecule has 0 aliphatic heterocycles. The number of nitrogens with zero attached hydrogens (tertiary/aromatic N) is 2. The molecule has 0 saturated heterocycles. The lowest BCUT2D eigenvalue weighted by molar-refractivity contribution is -0.169. The Morgan fingerprint density at radius 1 is 1.34 bits per heavy atom. The number of carbonyl (C=O) groups is 1. The highest BCUT2D eigenvalue weighted by Crippen LogP contribution is 2.33. The Labute approximate surface area is 170 Å². The fraction of sp³-hybridized carbons (Fsp3) is 0.368. The average molecular weight is 421 g/mol. The molecule has 0 amide bonds. The zero-order chi connectivity index (χ0) is 21.4. The standard InChI is InChI=1S/C19H24N3O6P/c1-12(2)27-18(23)10-22-29(25)28-17-7-5-4-6-16(17)26-11-14-9-21-13(3)19(24)15(14)8-20/h4-7,9,12,24H,8,10-11,20H2,1-3H3. The number of pyridine rings is 1. The number of ether oxygens (including phenoxy) is 2. The third kappa shape index (κ3) is 6.67. The van der Waals surface area contributed by atoms with Crippen molar-refractivity contribution in [2.45, 2.75) is 40.0 Å². The van der Waals surface area contributed by atoms with Crippen LogP contribution in [0.2, 0.25) is 0 Å². The molecule has 0 fully saturated rings. The first-order valence-corrected chi connectivity index (χ1v) is 10.0. The van der Waals surface area contributed by atoms with Crippen molar-refractivity contribution in [3.63, 3.8) is 0 Å². The largest absolute Gasteiger partial charge is 0.575 e. The van der Waals surface area contributed by atoms with Gasteiger partial charge in [-0.05, 0) is 32.9 Å². The van der Waals surface area contributed by atoms with Crippen molar-refractivity contribution in [2.24, 2.45) is 10.5 Å². The molecule has 0 aliphatic rings. The van der Waals surface area contributed by atoms with E-state index in [-0.39, 0.29) is 37.3 Å². The summed E-state index contributed by atoms with van der Waals surface area (Å²) < 4.78 is 19.7. The molecule has 1 aromatic carbocycles. The van der Waals surface area contributed by atoms with Gasteiger partial charge in [0.1, 0.15) is 12.4 Å². The van der Waals surface area contributed by atoms with Crippen LogP contribution in [0.3, 0.4) is 0 Å². The van der Waals surface area contributed by atoms with Crippen molar-refractivity contribution in [1.82, 2.24) is 4.98 Å². The van der Waals surface area contributed by atoms with E-state index in [0.717, 1.165) is 0 Å². The molecule has 9 nitrogen and oxygen atoms in total. The molecule has 10 heteroatoms. The number of para-hydroxylation sites is 2. The van der Waals surface area contributed by atoms with E-state index >= 15 is 0 Å². The summed E-state index contributed by atoms with van der Waals surface area (Å²) in [4.78, 5) is 27.6. The molecule has 0 spiro atoms. The molecule has 29 heavy (non-hydrogen) atoms. The highest BCUT2D eigenvalue weighted by atomic mass is 31.1. The maximum atomic E-state index is 12.0. The summed E-state index contributed by atoms with van der Waals surface area (Å²) >= 11 is 0. The quantitative estimate of drug-likeness (QED) is 0.464. The predicted molar refractivity (Wildman–Crippen MR) is 105 cm³/mol. The number of rotatable bonds is 9. The highest BCUT2D eigenvalue weighted by Gasteiger charge is 2.15. The van der Waals surface area contributed by atoms with Crippen LogP contribution in [-0.4, -0.2) is 28.7 Å². The van der Waals surface area contributed by atoms with Gasteiger partial charge < -0.3 is 25.2 Å². The summed E-state index contributed by atoms with van der Waals surface area (Å²) in [6, 6.07) is 6.61. The Morgan fingerprint density at radius 2 is 2.03 bits per heavy atom. The Balaban J connectivity index is 2.08. The van der Waals surface area contributed by atoms with Crippen LogP contribution >= 0.6 is 8.17 Å². The normalized spacial score (nSPS) is 11.4. The molecule has 1 aromatic heterocycles. The first-order chi connectivity index (χ1) is 13.8. The second-order valence-electron chi connectivity index (χ2n) is 6.30. The molecule has 0 saturated carbocycles. The van der Waals surface area contributed by atoms with Crippen LogP contribution in [0.1, 0.15) is 30.7 Å². The van der Waals surface area contributed by atoms with Gasteiger partial charge in [-0.1, -0.05) is 16.9 Å². The molecule has 156 valence electrons. The minimum Gasteiger partial charge on any atom is -0.575 e. The fourth-order valence-corrected chi connectivity index (χ4v) is 2.97. The van der Waals surface area contributed by atoms with Crippen LogP contribution < -0.4 is 19.9 Å². The lowest BCUT2D eigenvalue weighted by Crippen LogP contribution is -2.14. The lowest BCUT2D eigenvalue weighted by Gasteiger charge is -2.13. The van der Waals surface area contributed by atoms with Gasteiger partial charge in [0.2, 0.25) is 5.75 Å². The second-order valence-corrected chi connectivity index (χ2v) is 7.24. The van der Waals surface area contributed by atoms with Gasteiger partial charge in [-0.25, -0.2) is 4.79 Å². The zero-order valence-electron chi connectivity index (χ0n) is 16.5. The molecule has 3 N–H and O–H groups in total. The summed E-state index contributed by atoms with van der Waals surface area (Å²) in [5, 5.41) is 10.1. The van der Waals surface area contributed by atoms with Crippen LogP contribution in [0.15, 0.2) is 35.2 Å². The van der Waals surface area contributed by atoms with E-state index in [2.05, 4.69) is 9.73 Å². The van der Waals surface area contributed by atoms with E-state index in [9.17, 15) is 14.8 Å². The molecular weight excluding hydrogens is 397 g/mol. The SMILES string of the molecule is Cc1ncc(COc2ccccc2O/[P+]([O-])=N/CC(=O)OC(C)C)c(CN)c1O. The summed E-state index contributed by atoms with van der Waals surface area (Å²) in [5.74, 6) is -0.0298. The van der Waals surface area contributed by atoms with Crippen molar-refractivity contribution >= 4 is 14.1 Å². The predicted octanol–water partition coefficient (Wildman–Crippen LogP) is 2.32. The minimum absolute atomic E-state index is 0.0355. The first-order valence-electron chi connectivity index (χ1n) is 8.92. The van der Waals surface area contributed by atoms with E-state index in [0.29, 0.717) is 22.6 Å². The van der Waals surface area contributed by atoms with Crippen LogP contribution in [0.4, 0.5) is 0 Å². The van der Waals surface area contributed by atoms with Gasteiger partial charge in [-0.2, -0.15) is 0 Å². The van der Waals surface area contributed by atoms with E-state index in [4.69, 9.17) is 19.7 Å². The summed E-state index contributed by atoms with van der Waals surface area (Å²) in [5.41, 5.74) is 7.36. The highest BCUT2D eigenvalue weighted by molar-refractivity contribution is 7.34. The number of aromatic hydroxyl groups is 1. The Hall–Kier alpha value is -2.74. The number of aromatic nitrogens is 1. The van der Waals surface area contributed by atoms with Gasteiger partial charge >= 0.3 is 14.1 Å². The van der Waals surface area contributed by atoms with Gasteiger partial charge in [-0.15, -0.1) is 0 Å². The molecule has 2 aromatic rings. The van der Waals surface area contributed by atoms with E-state index in [1.165, 1.54) is 0 Å². The van der Waals surface area contributed by atoms with Gasteiger partial charge in [0.15, 0.2) is 12.3 Å². The molecule has 0 radical (unpaired) electrons. The maximum Gasteiger partial charge on any atom is 0.395 e.